The first-order chi connectivity index (χ1) is 18.7. The van der Waals surface area contributed by atoms with Gasteiger partial charge in [-0.2, -0.15) is 0 Å². The second-order valence-corrected chi connectivity index (χ2v) is 9.42. The summed E-state index contributed by atoms with van der Waals surface area (Å²) in [5.74, 6) is -1.51. The third-order valence-corrected chi connectivity index (χ3v) is 6.25. The van der Waals surface area contributed by atoms with Crippen molar-refractivity contribution in [3.8, 4) is 11.5 Å². The van der Waals surface area contributed by atoms with Crippen LogP contribution in [0.2, 0.25) is 0 Å². The Morgan fingerprint density at radius 2 is 1.85 bits per heavy atom. The molecule has 1 aromatic rings. The highest BCUT2D eigenvalue weighted by atomic mass is 16.6. The van der Waals surface area contributed by atoms with Gasteiger partial charge in [0.05, 0.1) is 19.3 Å². The van der Waals surface area contributed by atoms with Crippen molar-refractivity contribution in [2.75, 3.05) is 7.11 Å². The highest BCUT2D eigenvalue weighted by Crippen LogP contribution is 2.30. The molecule has 2 unspecified atom stereocenters. The zero-order chi connectivity index (χ0) is 28.8. The fraction of sp³-hybridized carbons (Fsp3) is 0.517. The third kappa shape index (κ3) is 10.6. The molecule has 1 saturated carbocycles. The number of pyridine rings is 1. The summed E-state index contributed by atoms with van der Waals surface area (Å²) in [4.78, 5) is 41.2. The maximum absolute atomic E-state index is 12.9. The molecule has 2 N–H and O–H groups in total. The average molecular weight is 545 g/mol. The SMILES string of the molecule is C=C/C=C(/O)C=C.COc1ccnc(C(=O)N[C@H]2CCCC(OC3CCCC3)CC(C)OC2=O)c1OC(C)=O. The van der Waals surface area contributed by atoms with Crippen molar-refractivity contribution in [2.45, 2.75) is 89.6 Å². The molecular weight excluding hydrogens is 504 g/mol. The molecule has 1 aromatic heterocycles. The zero-order valence-electron chi connectivity index (χ0n) is 23.0. The summed E-state index contributed by atoms with van der Waals surface area (Å²) in [6.07, 6.45) is 12.8. The van der Waals surface area contributed by atoms with Crippen molar-refractivity contribution in [3.05, 3.63) is 55.1 Å². The van der Waals surface area contributed by atoms with Crippen molar-refractivity contribution in [3.63, 3.8) is 0 Å². The summed E-state index contributed by atoms with van der Waals surface area (Å²) in [5, 5.41) is 11.2. The molecule has 10 nitrogen and oxygen atoms in total. The third-order valence-electron chi connectivity index (χ3n) is 6.25. The summed E-state index contributed by atoms with van der Waals surface area (Å²) in [5.41, 5.74) is -0.136. The molecule has 1 aliphatic carbocycles. The topological polar surface area (TPSA) is 133 Å². The predicted molar refractivity (Wildman–Crippen MR) is 146 cm³/mol. The molecule has 1 amide bonds. The van der Waals surface area contributed by atoms with Gasteiger partial charge in [-0.15, -0.1) is 0 Å². The van der Waals surface area contributed by atoms with E-state index in [0.29, 0.717) is 19.3 Å². The molecule has 0 spiro atoms. The van der Waals surface area contributed by atoms with Crippen LogP contribution in [-0.2, 0) is 19.1 Å². The maximum atomic E-state index is 12.9. The lowest BCUT2D eigenvalue weighted by Gasteiger charge is -2.24. The van der Waals surface area contributed by atoms with Crippen LogP contribution in [0.3, 0.4) is 0 Å². The Balaban J connectivity index is 0.000000673. The van der Waals surface area contributed by atoms with E-state index in [2.05, 4.69) is 23.5 Å². The Labute approximate surface area is 230 Å². The number of hydrogen-bond acceptors (Lipinski definition) is 9. The van der Waals surface area contributed by atoms with Crippen molar-refractivity contribution in [1.29, 1.82) is 0 Å². The largest absolute Gasteiger partial charge is 0.508 e. The molecule has 1 aliphatic heterocycles. The Bertz CT molecular complexity index is 1030. The molecule has 1 saturated heterocycles. The molecule has 2 fully saturated rings. The van der Waals surface area contributed by atoms with Gasteiger partial charge in [0, 0.05) is 25.6 Å². The average Bonchev–Trinajstić information content (AvgIpc) is 3.42. The summed E-state index contributed by atoms with van der Waals surface area (Å²) >= 11 is 0. The van der Waals surface area contributed by atoms with Gasteiger partial charge in [0.1, 0.15) is 17.9 Å². The Morgan fingerprint density at radius 1 is 1.15 bits per heavy atom. The van der Waals surface area contributed by atoms with E-state index >= 15 is 0 Å². The van der Waals surface area contributed by atoms with Gasteiger partial charge in [-0.1, -0.05) is 32.1 Å². The Kier molecular flexibility index (Phi) is 13.2. The molecule has 10 heteroatoms. The number of ether oxygens (including phenoxy) is 4. The molecule has 2 aliphatic rings. The van der Waals surface area contributed by atoms with E-state index < -0.39 is 23.9 Å². The summed E-state index contributed by atoms with van der Waals surface area (Å²) in [6.45, 7) is 9.74. The Hall–Kier alpha value is -3.66. The zero-order valence-corrected chi connectivity index (χ0v) is 23.0. The van der Waals surface area contributed by atoms with Gasteiger partial charge >= 0.3 is 11.9 Å². The number of aliphatic hydroxyl groups is 1. The molecular formula is C29H40N2O8. The molecule has 0 radical (unpaired) electrons. The lowest BCUT2D eigenvalue weighted by atomic mass is 10.0. The van der Waals surface area contributed by atoms with Gasteiger partial charge in [0.2, 0.25) is 5.75 Å². The van der Waals surface area contributed by atoms with Gasteiger partial charge < -0.3 is 29.4 Å². The van der Waals surface area contributed by atoms with Crippen LogP contribution in [0.4, 0.5) is 0 Å². The maximum Gasteiger partial charge on any atom is 0.328 e. The highest BCUT2D eigenvalue weighted by Gasteiger charge is 2.31. The van der Waals surface area contributed by atoms with Crippen LogP contribution in [-0.4, -0.2) is 59.4 Å². The summed E-state index contributed by atoms with van der Waals surface area (Å²) in [7, 11) is 1.39. The number of aromatic nitrogens is 1. The second-order valence-electron chi connectivity index (χ2n) is 9.42. The number of methoxy groups -OCH3 is 1. The van der Waals surface area contributed by atoms with Crippen LogP contribution < -0.4 is 14.8 Å². The molecule has 214 valence electrons. The first-order valence-corrected chi connectivity index (χ1v) is 13.2. The standard InChI is InChI=1S/C23H32N2O7.C6H8O/c1-14-13-17(32-16-7-4-5-8-16)9-6-10-18(23(28)30-14)25-22(27)20-21(31-15(2)26)19(29-3)11-12-24-20;1-3-5-6(7)4-2/h11-12,14,16-18H,4-10,13H2,1-3H3,(H,25,27);3-5,7H,1-2H2/b;6-5+/t14?,17?,18-;/m0./s1. The number of esters is 2. The van der Waals surface area contributed by atoms with E-state index in [1.54, 1.807) is 0 Å². The van der Waals surface area contributed by atoms with E-state index in [9.17, 15) is 14.4 Å². The van der Waals surface area contributed by atoms with E-state index in [-0.39, 0.29) is 41.3 Å². The number of cyclic esters (lactones) is 1. The highest BCUT2D eigenvalue weighted by molar-refractivity contribution is 5.98. The number of nitrogens with zero attached hydrogens (tertiary/aromatic N) is 1. The fourth-order valence-corrected chi connectivity index (χ4v) is 4.45. The van der Waals surface area contributed by atoms with Crippen molar-refractivity contribution < 1.29 is 38.4 Å². The number of nitrogens with one attached hydrogen (secondary N) is 1. The number of aliphatic hydroxyl groups excluding tert-OH is 1. The quantitative estimate of drug-likeness (QED) is 0.270. The summed E-state index contributed by atoms with van der Waals surface area (Å²) in [6, 6.07) is 0.642. The van der Waals surface area contributed by atoms with Crippen LogP contribution in [0.5, 0.6) is 11.5 Å². The number of carbonyl (C=O) groups excluding carboxylic acids is 3. The number of hydrogen-bond donors (Lipinski definition) is 2. The van der Waals surface area contributed by atoms with Gasteiger partial charge in [0.25, 0.3) is 5.91 Å². The number of rotatable bonds is 8. The van der Waals surface area contributed by atoms with Gasteiger partial charge in [0.15, 0.2) is 11.4 Å². The molecule has 0 aromatic carbocycles. The van der Waals surface area contributed by atoms with E-state index in [1.807, 2.05) is 6.92 Å². The smallest absolute Gasteiger partial charge is 0.328 e. The molecule has 2 heterocycles. The number of allylic oxidation sites excluding steroid dienone is 3. The molecule has 3 atom stereocenters. The molecule has 39 heavy (non-hydrogen) atoms. The fourth-order valence-electron chi connectivity index (χ4n) is 4.45. The second kappa shape index (κ2) is 16.3. The summed E-state index contributed by atoms with van der Waals surface area (Å²) < 4.78 is 22.2. The van der Waals surface area contributed by atoms with Gasteiger partial charge in [-0.05, 0) is 51.2 Å². The van der Waals surface area contributed by atoms with Crippen LogP contribution >= 0.6 is 0 Å². The lowest BCUT2D eigenvalue weighted by molar-refractivity contribution is -0.152. The minimum Gasteiger partial charge on any atom is -0.508 e. The minimum atomic E-state index is -0.839. The van der Waals surface area contributed by atoms with Crippen LogP contribution in [0.25, 0.3) is 0 Å². The first kappa shape index (κ1) is 31.6. The van der Waals surface area contributed by atoms with Crippen LogP contribution in [0.1, 0.15) is 75.7 Å². The predicted octanol–water partition coefficient (Wildman–Crippen LogP) is 4.75. The van der Waals surface area contributed by atoms with E-state index in [4.69, 9.17) is 24.1 Å². The van der Waals surface area contributed by atoms with Crippen molar-refractivity contribution in [2.24, 2.45) is 0 Å². The number of carbonyl (C=O) groups is 3. The minimum absolute atomic E-state index is 0.0333. The lowest BCUT2D eigenvalue weighted by Crippen LogP contribution is -2.43. The van der Waals surface area contributed by atoms with E-state index in [1.165, 1.54) is 57.4 Å². The first-order valence-electron chi connectivity index (χ1n) is 13.2. The normalized spacial score (nSPS) is 22.1. The van der Waals surface area contributed by atoms with Crippen LogP contribution in [0, 0.1) is 0 Å². The molecule has 0 bridgehead atoms. The van der Waals surface area contributed by atoms with Gasteiger partial charge in [-0.25, -0.2) is 9.78 Å². The van der Waals surface area contributed by atoms with Gasteiger partial charge in [-0.3, -0.25) is 9.59 Å². The van der Waals surface area contributed by atoms with Crippen molar-refractivity contribution in [1.82, 2.24) is 10.3 Å². The van der Waals surface area contributed by atoms with E-state index in [0.717, 1.165) is 19.3 Å². The van der Waals surface area contributed by atoms with Crippen LogP contribution in [0.15, 0.2) is 49.4 Å². The Morgan fingerprint density at radius 3 is 2.44 bits per heavy atom. The van der Waals surface area contributed by atoms with Crippen molar-refractivity contribution >= 4 is 17.8 Å². The monoisotopic (exact) mass is 544 g/mol. The number of amides is 1. The molecule has 3 rings (SSSR count).